The lowest BCUT2D eigenvalue weighted by Crippen LogP contribution is -2.59. The first-order chi connectivity index (χ1) is 5.89. The molecular formula is C9H14O3Si. The van der Waals surface area contributed by atoms with E-state index in [0.717, 1.165) is 0 Å². The van der Waals surface area contributed by atoms with Gasteiger partial charge in [0.2, 0.25) is 5.43 Å². The van der Waals surface area contributed by atoms with Crippen LogP contribution in [-0.2, 0) is 0 Å². The van der Waals surface area contributed by atoms with E-state index in [2.05, 4.69) is 0 Å². The van der Waals surface area contributed by atoms with Crippen molar-refractivity contribution < 1.29 is 4.74 Å². The molecule has 0 saturated carbocycles. The van der Waals surface area contributed by atoms with Gasteiger partial charge in [0.25, 0.3) is 5.43 Å². The first-order valence-electron chi connectivity index (χ1n) is 4.36. The molecule has 0 unspecified atom stereocenters. The Bertz CT molecular complexity index is 380. The molecule has 3 nitrogen and oxygen atoms in total. The highest BCUT2D eigenvalue weighted by Crippen LogP contribution is 2.08. The van der Waals surface area contributed by atoms with Crippen LogP contribution in [-0.4, -0.2) is 14.7 Å². The maximum atomic E-state index is 11.2. The summed E-state index contributed by atoms with van der Waals surface area (Å²) in [6.07, 6.45) is 0. The quantitative estimate of drug-likeness (QED) is 0.516. The Hall–Kier alpha value is -0.903. The molecule has 0 aromatic heterocycles. The molecule has 1 rings (SSSR count). The summed E-state index contributed by atoms with van der Waals surface area (Å²) in [5, 5.41) is 0.666. The molecule has 1 aromatic carbocycles. The average molecular weight is 198 g/mol. The number of ether oxygens (including phenoxy) is 1. The zero-order chi connectivity index (χ0) is 10.2. The Kier molecular flexibility index (Phi) is 2.43. The van der Waals surface area contributed by atoms with Gasteiger partial charge in [-0.1, -0.05) is 19.6 Å². The zero-order valence-electron chi connectivity index (χ0n) is 8.43. The fraction of sp³-hybridized carbons (Fsp3) is 0.556. The van der Waals surface area contributed by atoms with Crippen LogP contribution in [0.4, 0.5) is 0 Å². The van der Waals surface area contributed by atoms with Gasteiger partial charge in [-0.25, -0.2) is 0 Å². The fourth-order valence-electron chi connectivity index (χ4n) is 1.33. The molecule has 0 N–H and O–H groups in total. The van der Waals surface area contributed by atoms with Crippen LogP contribution in [0.25, 0.3) is 0 Å². The first kappa shape index (κ1) is 10.2. The third-order valence-electron chi connectivity index (χ3n) is 1.91. The van der Waals surface area contributed by atoms with Crippen molar-refractivity contribution in [2.75, 3.05) is 6.61 Å². The summed E-state index contributed by atoms with van der Waals surface area (Å²) in [7, 11) is -1.69. The molecule has 0 aliphatic heterocycles. The third kappa shape index (κ3) is 1.58. The van der Waals surface area contributed by atoms with E-state index < -0.39 is 13.5 Å². The van der Waals surface area contributed by atoms with E-state index >= 15 is 0 Å². The first-order valence-corrected chi connectivity index (χ1v) is 7.86. The molecule has 72 valence electrons. The summed E-state index contributed by atoms with van der Waals surface area (Å²) in [5.74, 6) is 0.326. The Morgan fingerprint density at radius 3 is 2.08 bits per heavy atom. The van der Waals surface area contributed by atoms with Crippen molar-refractivity contribution >= 4 is 13.3 Å². The van der Waals surface area contributed by atoms with Gasteiger partial charge >= 0.3 is 0 Å². The highest BCUT2D eigenvalue weighted by Gasteiger charge is 2.32. The Labute approximate surface area is 78.1 Å². The molecule has 0 fully saturated rings. The Morgan fingerprint density at radius 1 is 1.15 bits per heavy atom. The highest BCUT2D eigenvalue weighted by molar-refractivity contribution is 6.89. The van der Waals surface area contributed by atoms with Crippen molar-refractivity contribution in [3.05, 3.63) is 20.4 Å². The molecule has 1 aromatic rings. The predicted octanol–water partition coefficient (Wildman–Crippen LogP) is 0.226. The topological polar surface area (TPSA) is 43.4 Å². The minimum absolute atomic E-state index is 0.326. The molecule has 0 saturated heterocycles. The van der Waals surface area contributed by atoms with Crippen molar-refractivity contribution in [1.29, 1.82) is 0 Å². The molecule has 4 heteroatoms. The summed E-state index contributed by atoms with van der Waals surface area (Å²) < 4.78 is 5.14. The van der Waals surface area contributed by atoms with Gasteiger partial charge in [0.05, 0.1) is 14.7 Å². The van der Waals surface area contributed by atoms with Crippen LogP contribution in [0.1, 0.15) is 6.92 Å². The third-order valence-corrected chi connectivity index (χ3v) is 3.86. The van der Waals surface area contributed by atoms with Crippen LogP contribution in [0.2, 0.25) is 19.6 Å². The van der Waals surface area contributed by atoms with Gasteiger partial charge in [0.1, 0.15) is 0 Å². The lowest BCUT2D eigenvalue weighted by Gasteiger charge is -2.20. The molecule has 0 aliphatic carbocycles. The second-order valence-corrected chi connectivity index (χ2v) is 9.05. The normalized spacial score (nSPS) is 12.0. The van der Waals surface area contributed by atoms with Gasteiger partial charge in [0, 0.05) is 5.19 Å². The smallest absolute Gasteiger partial charge is 0.267 e. The van der Waals surface area contributed by atoms with Crippen molar-refractivity contribution in [2.45, 2.75) is 26.6 Å². The largest absolute Gasteiger partial charge is 0.490 e. The summed E-state index contributed by atoms with van der Waals surface area (Å²) in [5.41, 5.74) is -0.776. The van der Waals surface area contributed by atoms with E-state index in [4.69, 9.17) is 4.74 Å². The SMILES string of the molecule is CCOc1c([Si](C)(C)C)c(=O)c1=O. The lowest BCUT2D eigenvalue weighted by atomic mass is 10.3. The van der Waals surface area contributed by atoms with E-state index in [1.54, 1.807) is 0 Å². The zero-order valence-corrected chi connectivity index (χ0v) is 9.43. The molecule has 0 bridgehead atoms. The van der Waals surface area contributed by atoms with Gasteiger partial charge < -0.3 is 4.74 Å². The highest BCUT2D eigenvalue weighted by atomic mass is 28.3. The maximum absolute atomic E-state index is 11.2. The Morgan fingerprint density at radius 2 is 1.69 bits per heavy atom. The minimum atomic E-state index is -1.69. The molecule has 0 atom stereocenters. The number of hydrogen-bond donors (Lipinski definition) is 0. The van der Waals surface area contributed by atoms with E-state index in [9.17, 15) is 9.59 Å². The van der Waals surface area contributed by atoms with Crippen molar-refractivity contribution in [2.24, 2.45) is 0 Å². The van der Waals surface area contributed by atoms with Crippen LogP contribution in [0.15, 0.2) is 9.59 Å². The molecule has 0 spiro atoms. The van der Waals surface area contributed by atoms with E-state index in [1.165, 1.54) is 0 Å². The van der Waals surface area contributed by atoms with Gasteiger partial charge in [-0.15, -0.1) is 0 Å². The van der Waals surface area contributed by atoms with Crippen LogP contribution < -0.4 is 20.8 Å². The second kappa shape index (κ2) is 3.10. The minimum Gasteiger partial charge on any atom is -0.490 e. The lowest BCUT2D eigenvalue weighted by molar-refractivity contribution is 0.336. The summed E-state index contributed by atoms with van der Waals surface area (Å²) in [4.78, 5) is 22.3. The van der Waals surface area contributed by atoms with Crippen molar-refractivity contribution in [3.63, 3.8) is 0 Å². The standard InChI is InChI=1S/C9H14O3Si/c1-5-12-8-6(10)7(11)9(8)13(2,3)4/h5H2,1-4H3. The molecule has 0 heterocycles. The number of rotatable bonds is 3. The van der Waals surface area contributed by atoms with E-state index in [1.807, 2.05) is 26.6 Å². The van der Waals surface area contributed by atoms with Crippen molar-refractivity contribution in [1.82, 2.24) is 0 Å². The predicted molar refractivity (Wildman–Crippen MR) is 55.5 cm³/mol. The summed E-state index contributed by atoms with van der Waals surface area (Å²) in [6, 6.07) is 0. The molecule has 0 amide bonds. The van der Waals surface area contributed by atoms with Gasteiger partial charge in [-0.05, 0) is 6.92 Å². The van der Waals surface area contributed by atoms with E-state index in [0.29, 0.717) is 17.5 Å². The summed E-state index contributed by atoms with van der Waals surface area (Å²) in [6.45, 7) is 8.36. The molecule has 13 heavy (non-hydrogen) atoms. The number of hydrogen-bond acceptors (Lipinski definition) is 3. The van der Waals surface area contributed by atoms with E-state index in [-0.39, 0.29) is 5.43 Å². The average Bonchev–Trinajstić information content (AvgIpc) is 2.01. The van der Waals surface area contributed by atoms with Crippen molar-refractivity contribution in [3.8, 4) is 5.75 Å². The van der Waals surface area contributed by atoms with Gasteiger partial charge in [0.15, 0.2) is 5.75 Å². The summed E-state index contributed by atoms with van der Waals surface area (Å²) >= 11 is 0. The second-order valence-electron chi connectivity index (χ2n) is 4.05. The van der Waals surface area contributed by atoms with Crippen LogP contribution in [0.3, 0.4) is 0 Å². The molecular weight excluding hydrogens is 184 g/mol. The Balaban J connectivity index is 3.17. The van der Waals surface area contributed by atoms with Gasteiger partial charge in [-0.2, -0.15) is 0 Å². The fourth-order valence-corrected chi connectivity index (χ4v) is 3.00. The van der Waals surface area contributed by atoms with Gasteiger partial charge in [-0.3, -0.25) is 9.59 Å². The van der Waals surface area contributed by atoms with Crippen LogP contribution >= 0.6 is 0 Å². The monoisotopic (exact) mass is 198 g/mol. The molecule has 0 radical (unpaired) electrons. The van der Waals surface area contributed by atoms with Crippen LogP contribution in [0, 0.1) is 0 Å². The maximum Gasteiger partial charge on any atom is 0.267 e. The van der Waals surface area contributed by atoms with Crippen LogP contribution in [0.5, 0.6) is 5.75 Å². The molecule has 0 aliphatic rings.